The molecule has 21 heavy (non-hydrogen) atoms. The van der Waals surface area contributed by atoms with Gasteiger partial charge in [-0.05, 0) is 13.0 Å². The van der Waals surface area contributed by atoms with Gasteiger partial charge in [0.25, 0.3) is 5.56 Å². The van der Waals surface area contributed by atoms with Crippen LogP contribution in [0.25, 0.3) is 11.1 Å². The monoisotopic (exact) mass is 328 g/mol. The molecule has 0 aliphatic rings. The van der Waals surface area contributed by atoms with E-state index in [-0.39, 0.29) is 17.2 Å². The molecule has 0 spiro atoms. The van der Waals surface area contributed by atoms with E-state index in [1.165, 1.54) is 13.3 Å². The second-order valence-electron chi connectivity index (χ2n) is 4.59. The summed E-state index contributed by atoms with van der Waals surface area (Å²) >= 11 is 12.1. The van der Waals surface area contributed by atoms with Gasteiger partial charge in [-0.15, -0.1) is 0 Å². The lowest BCUT2D eigenvalue weighted by Gasteiger charge is -2.14. The number of aromatic amines is 1. The van der Waals surface area contributed by atoms with Gasteiger partial charge in [-0.1, -0.05) is 35.3 Å². The first-order valence-corrected chi connectivity index (χ1v) is 7.00. The third-order valence-electron chi connectivity index (χ3n) is 3.10. The lowest BCUT2D eigenvalue weighted by Crippen LogP contribution is -2.39. The SMILES string of the molecule is COC[C@@H](C)n1c(=O)[nH]cc(-c2cccc(Cl)c2Cl)c1=O. The molecule has 1 aromatic heterocycles. The first-order valence-electron chi connectivity index (χ1n) is 6.25. The topological polar surface area (TPSA) is 64.1 Å². The number of nitrogens with zero attached hydrogens (tertiary/aromatic N) is 1. The van der Waals surface area contributed by atoms with Crippen LogP contribution in [0.3, 0.4) is 0 Å². The molecule has 2 rings (SSSR count). The van der Waals surface area contributed by atoms with Crippen molar-refractivity contribution in [1.82, 2.24) is 9.55 Å². The fourth-order valence-corrected chi connectivity index (χ4v) is 2.51. The van der Waals surface area contributed by atoms with Crippen LogP contribution in [0.15, 0.2) is 34.0 Å². The van der Waals surface area contributed by atoms with Crippen molar-refractivity contribution in [2.24, 2.45) is 0 Å². The zero-order valence-corrected chi connectivity index (χ0v) is 13.0. The molecular weight excluding hydrogens is 315 g/mol. The first kappa shape index (κ1) is 15.8. The van der Waals surface area contributed by atoms with Gasteiger partial charge in [-0.3, -0.25) is 9.36 Å². The Balaban J connectivity index is 2.67. The van der Waals surface area contributed by atoms with Crippen molar-refractivity contribution in [3.63, 3.8) is 0 Å². The van der Waals surface area contributed by atoms with Crippen molar-refractivity contribution in [3.8, 4) is 11.1 Å². The maximum Gasteiger partial charge on any atom is 0.328 e. The highest BCUT2D eigenvalue weighted by Gasteiger charge is 2.16. The molecule has 1 heterocycles. The Labute approximate surface area is 131 Å². The molecule has 1 atom stereocenters. The summed E-state index contributed by atoms with van der Waals surface area (Å²) < 4.78 is 6.10. The molecule has 2 aromatic rings. The van der Waals surface area contributed by atoms with E-state index in [2.05, 4.69) is 4.98 Å². The summed E-state index contributed by atoms with van der Waals surface area (Å²) in [7, 11) is 1.51. The number of methoxy groups -OCH3 is 1. The Morgan fingerprint density at radius 2 is 2.00 bits per heavy atom. The molecule has 0 aliphatic carbocycles. The number of halogens is 2. The normalized spacial score (nSPS) is 12.4. The zero-order valence-electron chi connectivity index (χ0n) is 11.5. The van der Waals surface area contributed by atoms with Crippen molar-refractivity contribution in [2.75, 3.05) is 13.7 Å². The number of nitrogens with one attached hydrogen (secondary N) is 1. The lowest BCUT2D eigenvalue weighted by molar-refractivity contribution is 0.159. The van der Waals surface area contributed by atoms with E-state index in [9.17, 15) is 9.59 Å². The predicted octanol–water partition coefficient (Wildman–Crippen LogP) is 2.72. The molecule has 1 N–H and O–H groups in total. The number of ether oxygens (including phenoxy) is 1. The van der Waals surface area contributed by atoms with E-state index in [4.69, 9.17) is 27.9 Å². The molecule has 0 radical (unpaired) electrons. The van der Waals surface area contributed by atoms with Crippen LogP contribution in [0.4, 0.5) is 0 Å². The Hall–Kier alpha value is -1.56. The molecule has 0 unspecified atom stereocenters. The van der Waals surface area contributed by atoms with E-state index < -0.39 is 17.3 Å². The van der Waals surface area contributed by atoms with Gasteiger partial charge in [0.2, 0.25) is 0 Å². The quantitative estimate of drug-likeness (QED) is 0.938. The summed E-state index contributed by atoms with van der Waals surface area (Å²) in [4.78, 5) is 27.0. The van der Waals surface area contributed by atoms with E-state index in [0.717, 1.165) is 4.57 Å². The molecule has 1 aromatic carbocycles. The smallest absolute Gasteiger partial charge is 0.328 e. The van der Waals surface area contributed by atoms with Crippen molar-refractivity contribution in [2.45, 2.75) is 13.0 Å². The average Bonchev–Trinajstić information content (AvgIpc) is 2.43. The molecular formula is C14H14Cl2N2O3. The summed E-state index contributed by atoms with van der Waals surface area (Å²) in [5, 5.41) is 0.616. The van der Waals surface area contributed by atoms with Crippen LogP contribution in [0.2, 0.25) is 10.0 Å². The fourth-order valence-electron chi connectivity index (χ4n) is 2.11. The van der Waals surface area contributed by atoms with Gasteiger partial charge >= 0.3 is 5.69 Å². The van der Waals surface area contributed by atoms with Crippen LogP contribution in [-0.2, 0) is 4.74 Å². The molecule has 7 heteroatoms. The highest BCUT2D eigenvalue weighted by atomic mass is 35.5. The first-order chi connectivity index (χ1) is 9.97. The standard InChI is InChI=1S/C14H14Cl2N2O3/c1-8(7-21-2)18-13(19)10(6-17-14(18)20)9-4-3-5-11(15)12(9)16/h3-6,8H,7H2,1-2H3,(H,17,20)/t8-/m1/s1. The Morgan fingerprint density at radius 3 is 2.67 bits per heavy atom. The number of hydrogen-bond acceptors (Lipinski definition) is 3. The summed E-state index contributed by atoms with van der Waals surface area (Å²) in [5.41, 5.74) is -0.173. The molecule has 0 saturated heterocycles. The fraction of sp³-hybridized carbons (Fsp3) is 0.286. The van der Waals surface area contributed by atoms with Crippen molar-refractivity contribution < 1.29 is 4.74 Å². The molecule has 112 valence electrons. The lowest BCUT2D eigenvalue weighted by atomic mass is 10.1. The van der Waals surface area contributed by atoms with E-state index >= 15 is 0 Å². The van der Waals surface area contributed by atoms with Gasteiger partial charge < -0.3 is 9.72 Å². The number of benzene rings is 1. The summed E-state index contributed by atoms with van der Waals surface area (Å²) in [6, 6.07) is 4.60. The highest BCUT2D eigenvalue weighted by Crippen LogP contribution is 2.31. The van der Waals surface area contributed by atoms with Gasteiger partial charge in [0.1, 0.15) is 0 Å². The van der Waals surface area contributed by atoms with Gasteiger partial charge in [0, 0.05) is 18.9 Å². The maximum atomic E-state index is 12.6. The van der Waals surface area contributed by atoms with Gasteiger partial charge in [-0.2, -0.15) is 0 Å². The average molecular weight is 329 g/mol. The summed E-state index contributed by atoms with van der Waals surface area (Å²) in [6.45, 7) is 1.97. The van der Waals surface area contributed by atoms with E-state index in [1.807, 2.05) is 0 Å². The molecule has 0 saturated carbocycles. The predicted molar refractivity (Wildman–Crippen MR) is 83.4 cm³/mol. The van der Waals surface area contributed by atoms with Gasteiger partial charge in [0.05, 0.1) is 28.3 Å². The minimum absolute atomic E-state index is 0.246. The molecule has 0 amide bonds. The van der Waals surface area contributed by atoms with Crippen LogP contribution < -0.4 is 11.2 Å². The summed E-state index contributed by atoms with van der Waals surface area (Å²) in [5.74, 6) is 0. The van der Waals surface area contributed by atoms with Gasteiger partial charge in [-0.25, -0.2) is 4.79 Å². The van der Waals surface area contributed by atoms with Crippen LogP contribution in [0, 0.1) is 0 Å². The molecule has 0 bridgehead atoms. The minimum Gasteiger partial charge on any atom is -0.383 e. The van der Waals surface area contributed by atoms with Crippen LogP contribution in [0.5, 0.6) is 0 Å². The van der Waals surface area contributed by atoms with E-state index in [0.29, 0.717) is 10.6 Å². The minimum atomic E-state index is -0.494. The molecule has 5 nitrogen and oxygen atoms in total. The highest BCUT2D eigenvalue weighted by molar-refractivity contribution is 6.43. The van der Waals surface area contributed by atoms with Crippen molar-refractivity contribution in [1.29, 1.82) is 0 Å². The second-order valence-corrected chi connectivity index (χ2v) is 5.37. The van der Waals surface area contributed by atoms with Gasteiger partial charge in [0.15, 0.2) is 0 Å². The number of hydrogen-bond donors (Lipinski definition) is 1. The van der Waals surface area contributed by atoms with Crippen LogP contribution in [0.1, 0.15) is 13.0 Å². The zero-order chi connectivity index (χ0) is 15.6. The largest absolute Gasteiger partial charge is 0.383 e. The number of rotatable bonds is 4. The van der Waals surface area contributed by atoms with E-state index in [1.54, 1.807) is 25.1 Å². The van der Waals surface area contributed by atoms with Crippen molar-refractivity contribution in [3.05, 3.63) is 55.3 Å². The Morgan fingerprint density at radius 1 is 1.29 bits per heavy atom. The van der Waals surface area contributed by atoms with Crippen LogP contribution in [-0.4, -0.2) is 23.3 Å². The molecule has 0 aliphatic heterocycles. The van der Waals surface area contributed by atoms with Crippen LogP contribution >= 0.6 is 23.2 Å². The number of H-pyrrole nitrogens is 1. The Kier molecular flexibility index (Phi) is 4.88. The Bertz CT molecular complexity index is 768. The maximum absolute atomic E-state index is 12.6. The number of aromatic nitrogens is 2. The second kappa shape index (κ2) is 6.47. The summed E-state index contributed by atoms with van der Waals surface area (Å²) in [6.07, 6.45) is 1.35. The third-order valence-corrected chi connectivity index (χ3v) is 3.92. The third kappa shape index (κ3) is 3.05. The van der Waals surface area contributed by atoms with Crippen molar-refractivity contribution >= 4 is 23.2 Å². The molecule has 0 fully saturated rings.